The smallest absolute Gasteiger partial charge is 0.410 e. The van der Waals surface area contributed by atoms with Crippen molar-refractivity contribution in [3.8, 4) is 11.1 Å². The van der Waals surface area contributed by atoms with Gasteiger partial charge in [0.25, 0.3) is 0 Å². The average molecular weight is 741 g/mol. The highest BCUT2D eigenvalue weighted by Gasteiger charge is 2.47. The summed E-state index contributed by atoms with van der Waals surface area (Å²) in [6.07, 6.45) is 2.71. The maximum absolute atomic E-state index is 14.7. The fourth-order valence-electron chi connectivity index (χ4n) is 7.14. The molecular formula is C41H52N4O7Si. The van der Waals surface area contributed by atoms with Crippen LogP contribution in [-0.4, -0.2) is 89.7 Å². The molecule has 1 heterocycles. The van der Waals surface area contributed by atoms with Crippen LogP contribution in [0.3, 0.4) is 0 Å². The lowest BCUT2D eigenvalue weighted by molar-refractivity contribution is -0.141. The molecule has 1 fully saturated rings. The molecule has 11 nitrogen and oxygen atoms in total. The van der Waals surface area contributed by atoms with Gasteiger partial charge >= 0.3 is 12.1 Å². The van der Waals surface area contributed by atoms with E-state index in [1.54, 1.807) is 56.9 Å². The molecule has 0 unspecified atom stereocenters. The Morgan fingerprint density at radius 1 is 0.962 bits per heavy atom. The second-order valence-corrected chi connectivity index (χ2v) is 21.2. The SMILES string of the molecule is C[C@@H](C(=O)N[C@@H](Cc1ccc(-c2ccc(C(=O)O)cc2)cc1)C(=O)N1C[Si](C)(C)C[C@H]1C(=O)N[C@@H]1CCCc2ccccc21)N(C)C(=O)OC(C)(C)C. The van der Waals surface area contributed by atoms with Gasteiger partial charge in [-0.3, -0.25) is 19.3 Å². The quantitative estimate of drug-likeness (QED) is 0.217. The Morgan fingerprint density at radius 2 is 1.58 bits per heavy atom. The first-order chi connectivity index (χ1) is 24.9. The monoisotopic (exact) mass is 740 g/mol. The Labute approximate surface area is 313 Å². The fourth-order valence-corrected chi connectivity index (χ4v) is 10.0. The minimum absolute atomic E-state index is 0.131. The summed E-state index contributed by atoms with van der Waals surface area (Å²) in [5, 5.41) is 15.5. The molecule has 0 bridgehead atoms. The summed E-state index contributed by atoms with van der Waals surface area (Å²) in [6.45, 7) is 11.2. The Bertz CT molecular complexity index is 1840. The molecule has 53 heavy (non-hydrogen) atoms. The van der Waals surface area contributed by atoms with E-state index >= 15 is 0 Å². The molecule has 1 aliphatic carbocycles. The van der Waals surface area contributed by atoms with Crippen molar-refractivity contribution in [2.75, 3.05) is 13.2 Å². The van der Waals surface area contributed by atoms with Crippen LogP contribution in [0.15, 0.2) is 72.8 Å². The molecule has 1 saturated heterocycles. The number of hydrogen-bond donors (Lipinski definition) is 3. The van der Waals surface area contributed by atoms with Gasteiger partial charge in [-0.05, 0) is 93.0 Å². The van der Waals surface area contributed by atoms with Crippen LogP contribution in [0.1, 0.15) is 73.6 Å². The third kappa shape index (κ3) is 9.72. The first kappa shape index (κ1) is 39.2. The summed E-state index contributed by atoms with van der Waals surface area (Å²) in [5.41, 5.74) is 4.25. The number of nitrogens with zero attached hydrogens (tertiary/aromatic N) is 2. The molecule has 12 heteroatoms. The number of aromatic carboxylic acids is 1. The molecule has 2 aliphatic rings. The number of benzene rings is 3. The van der Waals surface area contributed by atoms with E-state index in [9.17, 15) is 29.1 Å². The van der Waals surface area contributed by atoms with Gasteiger partial charge in [0.05, 0.1) is 19.7 Å². The minimum Gasteiger partial charge on any atom is -0.478 e. The number of carboxylic acid groups (broad SMARTS) is 1. The van der Waals surface area contributed by atoms with Gasteiger partial charge in [0.15, 0.2) is 0 Å². The van der Waals surface area contributed by atoms with Gasteiger partial charge in [-0.15, -0.1) is 0 Å². The Balaban J connectivity index is 1.39. The summed E-state index contributed by atoms with van der Waals surface area (Å²) < 4.78 is 5.48. The molecule has 0 aromatic heterocycles. The highest BCUT2D eigenvalue weighted by Crippen LogP contribution is 2.32. The van der Waals surface area contributed by atoms with Crippen molar-refractivity contribution in [1.29, 1.82) is 0 Å². The van der Waals surface area contributed by atoms with Crippen LogP contribution in [0.2, 0.25) is 19.1 Å². The van der Waals surface area contributed by atoms with E-state index in [1.165, 1.54) is 17.5 Å². The highest BCUT2D eigenvalue weighted by atomic mass is 28.3. The fraction of sp³-hybridized carbons (Fsp3) is 0.439. The molecule has 4 amide bonds. The van der Waals surface area contributed by atoms with Crippen LogP contribution < -0.4 is 10.6 Å². The molecule has 5 rings (SSSR count). The van der Waals surface area contributed by atoms with Crippen molar-refractivity contribution in [1.82, 2.24) is 20.4 Å². The molecule has 4 atom stereocenters. The van der Waals surface area contributed by atoms with Gasteiger partial charge in [0.1, 0.15) is 23.7 Å². The molecule has 282 valence electrons. The lowest BCUT2D eigenvalue weighted by atomic mass is 9.87. The van der Waals surface area contributed by atoms with Gasteiger partial charge in [-0.2, -0.15) is 0 Å². The Hall–Kier alpha value is -4.97. The predicted octanol–water partition coefficient (Wildman–Crippen LogP) is 5.99. The summed E-state index contributed by atoms with van der Waals surface area (Å²) in [7, 11) is -0.534. The predicted molar refractivity (Wildman–Crippen MR) is 206 cm³/mol. The molecule has 0 spiro atoms. The Morgan fingerprint density at radius 3 is 2.21 bits per heavy atom. The van der Waals surface area contributed by atoms with Crippen molar-refractivity contribution in [2.45, 2.75) is 102 Å². The number of fused-ring (bicyclic) bond motifs is 1. The zero-order valence-corrected chi connectivity index (χ0v) is 32.8. The van der Waals surface area contributed by atoms with E-state index in [4.69, 9.17) is 4.74 Å². The second kappa shape index (κ2) is 16.0. The van der Waals surface area contributed by atoms with Crippen molar-refractivity contribution in [3.63, 3.8) is 0 Å². The number of likely N-dealkylation sites (N-methyl/N-ethyl adjacent to an activating group) is 1. The van der Waals surface area contributed by atoms with Gasteiger partial charge in [-0.1, -0.05) is 73.8 Å². The standard InChI is InChI=1S/C41H52N4O7Si/c1-26(44(5)40(51)52-41(2,3)4)36(46)43-34(23-27-15-17-28(18-16-27)29-19-21-31(22-20-29)39(49)50)38(48)45-25-53(6,7)24-35(45)37(47)42-33-14-10-12-30-11-8-9-13-32(30)33/h8-9,11,13,15-22,26,33-35H,10,12,14,23-25H2,1-7H3,(H,42,47)(H,43,46)(H,49,50)/t26-,33+,34-,35-/m0/s1. The minimum atomic E-state index is -2.02. The Kier molecular flexibility index (Phi) is 11.8. The average Bonchev–Trinajstić information content (AvgIpc) is 3.45. The first-order valence-corrected chi connectivity index (χ1v) is 21.7. The number of ether oxygens (including phenoxy) is 1. The largest absolute Gasteiger partial charge is 0.478 e. The van der Waals surface area contributed by atoms with E-state index in [-0.39, 0.29) is 29.8 Å². The lowest BCUT2D eigenvalue weighted by Gasteiger charge is -2.33. The highest BCUT2D eigenvalue weighted by molar-refractivity contribution is 6.79. The van der Waals surface area contributed by atoms with E-state index in [0.29, 0.717) is 12.2 Å². The van der Waals surface area contributed by atoms with Gasteiger partial charge in [0, 0.05) is 19.6 Å². The normalized spacial score (nSPS) is 19.0. The summed E-state index contributed by atoms with van der Waals surface area (Å²) in [6, 6.07) is 20.1. The number of carboxylic acids is 1. The summed E-state index contributed by atoms with van der Waals surface area (Å²) in [5.74, 6) is -2.05. The van der Waals surface area contributed by atoms with Crippen molar-refractivity contribution < 1.29 is 33.8 Å². The number of rotatable bonds is 10. The van der Waals surface area contributed by atoms with E-state index < -0.39 is 49.8 Å². The number of carbonyl (C=O) groups excluding carboxylic acids is 4. The third-order valence-electron chi connectivity index (χ3n) is 10.1. The first-order valence-electron chi connectivity index (χ1n) is 18.3. The van der Waals surface area contributed by atoms with Crippen LogP contribution in [0.4, 0.5) is 4.79 Å². The molecule has 3 aromatic carbocycles. The molecular weight excluding hydrogens is 689 g/mol. The summed E-state index contributed by atoms with van der Waals surface area (Å²) in [4.78, 5) is 69.5. The topological polar surface area (TPSA) is 145 Å². The van der Waals surface area contributed by atoms with Crippen LogP contribution in [-0.2, 0) is 32.0 Å². The molecule has 3 aromatic rings. The van der Waals surface area contributed by atoms with Gasteiger partial charge < -0.3 is 25.4 Å². The van der Waals surface area contributed by atoms with Gasteiger partial charge in [0.2, 0.25) is 17.7 Å². The molecule has 0 saturated carbocycles. The number of aryl methyl sites for hydroxylation is 1. The maximum atomic E-state index is 14.7. The van der Waals surface area contributed by atoms with Crippen LogP contribution in [0.5, 0.6) is 0 Å². The summed E-state index contributed by atoms with van der Waals surface area (Å²) >= 11 is 0. The van der Waals surface area contributed by atoms with Crippen LogP contribution in [0, 0.1) is 0 Å². The van der Waals surface area contributed by atoms with Crippen LogP contribution in [0.25, 0.3) is 11.1 Å². The number of carbonyl (C=O) groups is 5. The van der Waals surface area contributed by atoms with Crippen molar-refractivity contribution in [3.05, 3.63) is 95.1 Å². The second-order valence-electron chi connectivity index (χ2n) is 16.1. The molecule has 0 radical (unpaired) electrons. The van der Waals surface area contributed by atoms with E-state index in [2.05, 4.69) is 35.9 Å². The number of nitrogens with one attached hydrogen (secondary N) is 2. The zero-order chi connectivity index (χ0) is 38.7. The van der Waals surface area contributed by atoms with Gasteiger partial charge in [-0.25, -0.2) is 9.59 Å². The van der Waals surface area contributed by atoms with E-state index in [1.807, 2.05) is 36.4 Å². The molecule has 1 aliphatic heterocycles. The van der Waals surface area contributed by atoms with Crippen molar-refractivity contribution >= 4 is 37.9 Å². The number of amides is 4. The van der Waals surface area contributed by atoms with Crippen LogP contribution >= 0.6 is 0 Å². The zero-order valence-electron chi connectivity index (χ0n) is 31.8. The van der Waals surface area contributed by atoms with E-state index in [0.717, 1.165) is 41.5 Å². The maximum Gasteiger partial charge on any atom is 0.410 e. The third-order valence-corrected chi connectivity index (χ3v) is 12.8. The number of hydrogen-bond acceptors (Lipinski definition) is 6. The lowest BCUT2D eigenvalue weighted by Crippen LogP contribution is -2.57. The van der Waals surface area contributed by atoms with Crippen molar-refractivity contribution in [2.24, 2.45) is 0 Å². The molecule has 3 N–H and O–H groups in total.